The molecular weight excluding hydrogens is 1060 g/mol. The number of thioether (sulfide) groups is 4. The Bertz CT molecular complexity index is 3160. The van der Waals surface area contributed by atoms with Gasteiger partial charge in [-0.1, -0.05) is 121 Å². The number of aldehydes is 2. The maximum absolute atomic E-state index is 11.3. The normalized spacial score (nSPS) is 14.3. The van der Waals surface area contributed by atoms with Crippen LogP contribution in [0.25, 0.3) is 0 Å². The van der Waals surface area contributed by atoms with Crippen molar-refractivity contribution in [2.75, 3.05) is 51.5 Å². The smallest absolute Gasteiger partial charge is 0.202 e. The standard InChI is InChI=1S/2C16H20N2O2S.2C14H14N2OS/c1-19-16(20-2)15-13-11-21-9-8-14(13)18(17-15)10-12-6-4-3-5-7-12;1-19-16(20-2)15-13-11-21-9-8-14(13)17-18(15)10-12-6-4-3-5-7-12;17-9-13-12-10-18-7-6-14(12)16(15-13)8-11-4-2-1-3-5-11;17-9-14-12-10-18-7-6-13(12)15-16(14)8-11-4-2-1-3-5-11/h2*3-7,16H,8-11H2,1-2H3;2*1-5,9H,6-8,10H2. The second kappa shape index (κ2) is 29.0. The van der Waals surface area contributed by atoms with E-state index in [2.05, 4.69) is 87.7 Å². The molecule has 4 aliphatic heterocycles. The Hall–Kier alpha value is -5.70. The lowest BCUT2D eigenvalue weighted by Crippen LogP contribution is -2.15. The molecule has 4 aromatic carbocycles. The van der Waals surface area contributed by atoms with E-state index in [0.717, 1.165) is 138 Å². The van der Waals surface area contributed by atoms with E-state index in [9.17, 15) is 9.59 Å². The van der Waals surface area contributed by atoms with Crippen molar-refractivity contribution in [3.05, 3.63) is 211 Å². The zero-order chi connectivity index (χ0) is 54.1. The summed E-state index contributed by atoms with van der Waals surface area (Å²) in [6.45, 7) is 2.97. The highest BCUT2D eigenvalue weighted by molar-refractivity contribution is 7.99. The van der Waals surface area contributed by atoms with Gasteiger partial charge in [-0.3, -0.25) is 28.3 Å². The molecule has 12 rings (SSSR count). The van der Waals surface area contributed by atoms with Crippen LogP contribution in [-0.2, 0) is 93.8 Å². The zero-order valence-electron chi connectivity index (χ0n) is 44.8. The summed E-state index contributed by atoms with van der Waals surface area (Å²) in [6.07, 6.45) is 5.15. The number of rotatable bonds is 16. The SMILES string of the molecule is COC(OC)c1c2c(nn1Cc1ccccc1)CCSC2.COC(OC)c1nn(Cc2ccccc2)c2c1CSCC2.O=Cc1c2c(nn1Cc1ccccc1)CCSC2.O=Cc1nn(Cc2ccccc2)c2c1CSCC2. The van der Waals surface area contributed by atoms with Crippen molar-refractivity contribution in [3.63, 3.8) is 0 Å². The highest BCUT2D eigenvalue weighted by Crippen LogP contribution is 2.35. The Labute approximate surface area is 474 Å². The Balaban J connectivity index is 0.000000127. The number of aryl methyl sites for hydroxylation is 2. The average molecular weight is 1130 g/mol. The summed E-state index contributed by atoms with van der Waals surface area (Å²) < 4.78 is 29.8. The first-order valence-electron chi connectivity index (χ1n) is 26.3. The van der Waals surface area contributed by atoms with Crippen molar-refractivity contribution < 1.29 is 28.5 Å². The van der Waals surface area contributed by atoms with E-state index in [-0.39, 0.29) is 12.6 Å². The molecule has 0 saturated heterocycles. The minimum Gasteiger partial charge on any atom is -0.350 e. The second-order valence-electron chi connectivity index (χ2n) is 18.9. The Morgan fingerprint density at radius 1 is 0.436 bits per heavy atom. The summed E-state index contributed by atoms with van der Waals surface area (Å²) in [5.41, 5.74) is 18.0. The van der Waals surface area contributed by atoms with Gasteiger partial charge in [-0.25, -0.2) is 0 Å². The first-order chi connectivity index (χ1) is 38.4. The van der Waals surface area contributed by atoms with Gasteiger partial charge in [-0.05, 0) is 58.1 Å². The Kier molecular flexibility index (Phi) is 21.2. The maximum Gasteiger partial charge on any atom is 0.202 e. The first-order valence-corrected chi connectivity index (χ1v) is 30.9. The topological polar surface area (TPSA) is 142 Å². The Morgan fingerprint density at radius 3 is 1.32 bits per heavy atom. The van der Waals surface area contributed by atoms with Crippen LogP contribution < -0.4 is 0 Å². The molecule has 0 bridgehead atoms. The highest BCUT2D eigenvalue weighted by Gasteiger charge is 2.29. The quantitative estimate of drug-likeness (QED) is 0.0669. The van der Waals surface area contributed by atoms with Gasteiger partial charge in [0, 0.05) is 97.9 Å². The number of methoxy groups -OCH3 is 4. The molecule has 4 aliphatic rings. The summed E-state index contributed by atoms with van der Waals surface area (Å²) in [7, 11) is 6.67. The monoisotopic (exact) mass is 1120 g/mol. The van der Waals surface area contributed by atoms with Gasteiger partial charge < -0.3 is 18.9 Å². The molecule has 408 valence electrons. The lowest BCUT2D eigenvalue weighted by molar-refractivity contribution is -0.111. The highest BCUT2D eigenvalue weighted by atomic mass is 32.2. The largest absolute Gasteiger partial charge is 0.350 e. The van der Waals surface area contributed by atoms with Gasteiger partial charge in [-0.15, -0.1) is 0 Å². The minimum absolute atomic E-state index is 0.358. The number of benzene rings is 4. The predicted octanol–water partition coefficient (Wildman–Crippen LogP) is 11.1. The van der Waals surface area contributed by atoms with Gasteiger partial charge >= 0.3 is 0 Å². The van der Waals surface area contributed by atoms with Crippen LogP contribution in [0.4, 0.5) is 0 Å². The van der Waals surface area contributed by atoms with Crippen LogP contribution in [0.2, 0.25) is 0 Å². The third kappa shape index (κ3) is 14.2. The molecule has 4 aromatic heterocycles. The third-order valence-corrected chi connectivity index (χ3v) is 17.8. The second-order valence-corrected chi connectivity index (χ2v) is 23.3. The maximum atomic E-state index is 11.3. The number of nitrogens with zero attached hydrogens (tertiary/aromatic N) is 8. The number of fused-ring (bicyclic) bond motifs is 4. The molecule has 0 atom stereocenters. The summed E-state index contributed by atoms with van der Waals surface area (Å²) >= 11 is 7.64. The third-order valence-electron chi connectivity index (χ3n) is 13.9. The van der Waals surface area contributed by atoms with Gasteiger partial charge in [0.25, 0.3) is 0 Å². The van der Waals surface area contributed by atoms with Crippen LogP contribution in [0, 0.1) is 0 Å². The minimum atomic E-state index is -0.380. The molecule has 14 nitrogen and oxygen atoms in total. The molecule has 18 heteroatoms. The number of hydrogen-bond donors (Lipinski definition) is 0. The Morgan fingerprint density at radius 2 is 0.833 bits per heavy atom. The molecule has 0 unspecified atom stereocenters. The molecule has 0 saturated carbocycles. The molecule has 0 amide bonds. The predicted molar refractivity (Wildman–Crippen MR) is 315 cm³/mol. The van der Waals surface area contributed by atoms with Gasteiger partial charge in [0.1, 0.15) is 17.1 Å². The van der Waals surface area contributed by atoms with E-state index in [0.29, 0.717) is 12.2 Å². The molecule has 0 aliphatic carbocycles. The van der Waals surface area contributed by atoms with Crippen molar-refractivity contribution in [3.8, 4) is 0 Å². The molecule has 8 heterocycles. The van der Waals surface area contributed by atoms with E-state index in [1.807, 2.05) is 110 Å². The number of aromatic nitrogens is 8. The van der Waals surface area contributed by atoms with Crippen LogP contribution in [0.5, 0.6) is 0 Å². The van der Waals surface area contributed by atoms with Crippen molar-refractivity contribution >= 4 is 59.6 Å². The average Bonchev–Trinajstić information content (AvgIpc) is 4.28. The fourth-order valence-corrected chi connectivity index (χ4v) is 14.0. The van der Waals surface area contributed by atoms with Gasteiger partial charge in [0.05, 0.1) is 43.3 Å². The van der Waals surface area contributed by atoms with Crippen LogP contribution in [-0.4, -0.2) is 103 Å². The van der Waals surface area contributed by atoms with Gasteiger partial charge in [0.15, 0.2) is 12.6 Å². The summed E-state index contributed by atoms with van der Waals surface area (Å²) in [5, 5.41) is 18.6. The number of ether oxygens (including phenoxy) is 4. The number of hydrogen-bond acceptors (Lipinski definition) is 14. The van der Waals surface area contributed by atoms with Crippen molar-refractivity contribution in [2.45, 2.75) is 87.5 Å². The molecule has 0 radical (unpaired) electrons. The lowest BCUT2D eigenvalue weighted by Gasteiger charge is -2.18. The lowest BCUT2D eigenvalue weighted by atomic mass is 10.1. The van der Waals surface area contributed by atoms with Crippen LogP contribution in [0.15, 0.2) is 121 Å². The molecule has 78 heavy (non-hydrogen) atoms. The van der Waals surface area contributed by atoms with Gasteiger partial charge in [-0.2, -0.15) is 67.4 Å². The van der Waals surface area contributed by atoms with Crippen LogP contribution >= 0.6 is 47.0 Å². The number of carbonyl (C=O) groups is 2. The molecule has 0 spiro atoms. The molecule has 0 N–H and O–H groups in total. The summed E-state index contributed by atoms with van der Waals surface area (Å²) in [5.74, 6) is 8.32. The van der Waals surface area contributed by atoms with Crippen LogP contribution in [0.1, 0.15) is 112 Å². The van der Waals surface area contributed by atoms with E-state index >= 15 is 0 Å². The van der Waals surface area contributed by atoms with Crippen molar-refractivity contribution in [1.29, 1.82) is 0 Å². The van der Waals surface area contributed by atoms with Crippen LogP contribution in [0.3, 0.4) is 0 Å². The molecule has 0 fully saturated rings. The van der Waals surface area contributed by atoms with Crippen molar-refractivity contribution in [2.24, 2.45) is 0 Å². The van der Waals surface area contributed by atoms with E-state index < -0.39 is 0 Å². The summed E-state index contributed by atoms with van der Waals surface area (Å²) in [4.78, 5) is 22.3. The number of carbonyl (C=O) groups excluding carboxylic acids is 2. The van der Waals surface area contributed by atoms with Crippen molar-refractivity contribution in [1.82, 2.24) is 39.1 Å². The molecule has 8 aromatic rings. The fraction of sp³-hybridized carbons (Fsp3) is 0.367. The van der Waals surface area contributed by atoms with Gasteiger partial charge in [0.2, 0.25) is 12.6 Å². The fourth-order valence-electron chi connectivity index (χ4n) is 10.0. The van der Waals surface area contributed by atoms with E-state index in [4.69, 9.17) is 29.1 Å². The van der Waals surface area contributed by atoms with E-state index in [1.54, 1.807) is 28.4 Å². The molecular formula is C60H68N8O6S4. The first kappa shape index (κ1) is 57.0. The zero-order valence-corrected chi connectivity index (χ0v) is 48.1. The summed E-state index contributed by atoms with van der Waals surface area (Å²) in [6, 6.07) is 41.2. The van der Waals surface area contributed by atoms with E-state index in [1.165, 1.54) is 50.5 Å².